The zero-order valence-electron chi connectivity index (χ0n) is 15.2. The van der Waals surface area contributed by atoms with Crippen molar-refractivity contribution in [3.05, 3.63) is 35.9 Å². The first-order valence-corrected chi connectivity index (χ1v) is 8.51. The fraction of sp³-hybridized carbons (Fsp3) is 0.611. The van der Waals surface area contributed by atoms with Crippen LogP contribution in [0, 0.1) is 0 Å². The Morgan fingerprint density at radius 3 is 2.16 bits per heavy atom. The smallest absolute Gasteiger partial charge is 0.407 e. The molecule has 1 aromatic carbocycles. The second kappa shape index (κ2) is 14.7. The van der Waals surface area contributed by atoms with Gasteiger partial charge in [0.05, 0.1) is 39.6 Å². The Labute approximate surface area is 150 Å². The molecule has 0 saturated heterocycles. The first kappa shape index (κ1) is 21.4. The normalized spacial score (nSPS) is 10.8. The van der Waals surface area contributed by atoms with Crippen LogP contribution in [-0.4, -0.2) is 77.8 Å². The first-order chi connectivity index (χ1) is 12.2. The van der Waals surface area contributed by atoms with E-state index in [4.69, 9.17) is 18.9 Å². The molecule has 1 aromatic rings. The minimum Gasteiger partial charge on any atom is -0.445 e. The molecule has 0 aliphatic rings. The lowest BCUT2D eigenvalue weighted by molar-refractivity contribution is 0.0128. The Balaban J connectivity index is 1.81. The number of carbonyl (C=O) groups is 1. The van der Waals surface area contributed by atoms with Crippen molar-refractivity contribution in [1.82, 2.24) is 10.2 Å². The number of amides is 1. The number of nitrogens with zero attached hydrogens (tertiary/aromatic N) is 1. The van der Waals surface area contributed by atoms with Crippen molar-refractivity contribution in [2.45, 2.75) is 6.61 Å². The summed E-state index contributed by atoms with van der Waals surface area (Å²) < 4.78 is 21.2. The number of hydrogen-bond acceptors (Lipinski definition) is 6. The van der Waals surface area contributed by atoms with E-state index in [1.165, 1.54) is 0 Å². The highest BCUT2D eigenvalue weighted by Gasteiger charge is 2.01. The molecule has 25 heavy (non-hydrogen) atoms. The lowest BCUT2D eigenvalue weighted by atomic mass is 10.2. The summed E-state index contributed by atoms with van der Waals surface area (Å²) in [6.07, 6.45) is -0.446. The fourth-order valence-electron chi connectivity index (χ4n) is 1.79. The van der Waals surface area contributed by atoms with Crippen molar-refractivity contribution < 1.29 is 23.7 Å². The lowest BCUT2D eigenvalue weighted by Gasteiger charge is -2.10. The third-order valence-electron chi connectivity index (χ3n) is 3.16. The molecule has 1 amide bonds. The van der Waals surface area contributed by atoms with Gasteiger partial charge in [0.25, 0.3) is 0 Å². The number of rotatable bonds is 14. The van der Waals surface area contributed by atoms with E-state index in [2.05, 4.69) is 10.2 Å². The van der Waals surface area contributed by atoms with E-state index in [0.29, 0.717) is 46.2 Å². The molecule has 0 spiro atoms. The van der Waals surface area contributed by atoms with Gasteiger partial charge in [0.15, 0.2) is 0 Å². The first-order valence-electron chi connectivity index (χ1n) is 8.51. The van der Waals surface area contributed by atoms with Crippen LogP contribution in [0.3, 0.4) is 0 Å². The number of nitrogens with one attached hydrogen (secondary N) is 1. The number of hydrogen-bond donors (Lipinski definition) is 1. The predicted octanol–water partition coefficient (Wildman–Crippen LogP) is 1.52. The third kappa shape index (κ3) is 13.3. The molecule has 1 N–H and O–H groups in total. The van der Waals surface area contributed by atoms with E-state index >= 15 is 0 Å². The van der Waals surface area contributed by atoms with Gasteiger partial charge in [0.2, 0.25) is 0 Å². The minimum atomic E-state index is -0.446. The summed E-state index contributed by atoms with van der Waals surface area (Å²) in [5.41, 5.74) is 0.955. The predicted molar refractivity (Wildman–Crippen MR) is 95.6 cm³/mol. The van der Waals surface area contributed by atoms with Crippen LogP contribution in [-0.2, 0) is 25.6 Å². The van der Waals surface area contributed by atoms with E-state index in [-0.39, 0.29) is 6.61 Å². The van der Waals surface area contributed by atoms with Crippen molar-refractivity contribution in [2.75, 3.05) is 66.8 Å². The summed E-state index contributed by atoms with van der Waals surface area (Å²) in [4.78, 5) is 13.6. The van der Waals surface area contributed by atoms with Crippen LogP contribution < -0.4 is 5.32 Å². The molecule has 0 aliphatic heterocycles. The minimum absolute atomic E-state index is 0.262. The molecule has 0 fully saturated rings. The SMILES string of the molecule is CN(C)CCOCCOCCOCCNC(=O)OCc1ccccc1. The van der Waals surface area contributed by atoms with Gasteiger partial charge < -0.3 is 29.2 Å². The molecule has 0 aromatic heterocycles. The summed E-state index contributed by atoms with van der Waals surface area (Å²) >= 11 is 0. The Bertz CT molecular complexity index is 442. The highest BCUT2D eigenvalue weighted by molar-refractivity contribution is 5.67. The average Bonchev–Trinajstić information content (AvgIpc) is 2.61. The van der Waals surface area contributed by atoms with Gasteiger partial charge >= 0.3 is 6.09 Å². The number of carbonyl (C=O) groups excluding carboxylic acids is 1. The van der Waals surface area contributed by atoms with Gasteiger partial charge in [-0.05, 0) is 19.7 Å². The van der Waals surface area contributed by atoms with Crippen LogP contribution in [0.25, 0.3) is 0 Å². The molecule has 7 nitrogen and oxygen atoms in total. The average molecular weight is 354 g/mol. The van der Waals surface area contributed by atoms with Gasteiger partial charge in [-0.2, -0.15) is 0 Å². The van der Waals surface area contributed by atoms with Crippen LogP contribution in [0.5, 0.6) is 0 Å². The molecule has 0 aliphatic carbocycles. The Morgan fingerprint density at radius 2 is 1.52 bits per heavy atom. The van der Waals surface area contributed by atoms with E-state index in [0.717, 1.165) is 12.1 Å². The quantitative estimate of drug-likeness (QED) is 0.511. The van der Waals surface area contributed by atoms with Crippen molar-refractivity contribution in [3.63, 3.8) is 0 Å². The Kier molecular flexibility index (Phi) is 12.5. The number of benzene rings is 1. The molecule has 0 atom stereocenters. The highest BCUT2D eigenvalue weighted by atomic mass is 16.6. The molecular weight excluding hydrogens is 324 g/mol. The van der Waals surface area contributed by atoms with Gasteiger partial charge in [-0.15, -0.1) is 0 Å². The van der Waals surface area contributed by atoms with Crippen LogP contribution in [0.4, 0.5) is 4.79 Å². The molecule has 1 rings (SSSR count). The zero-order valence-corrected chi connectivity index (χ0v) is 15.2. The maximum Gasteiger partial charge on any atom is 0.407 e. The van der Waals surface area contributed by atoms with Gasteiger partial charge in [0, 0.05) is 13.1 Å². The monoisotopic (exact) mass is 354 g/mol. The Hall–Kier alpha value is -1.67. The fourth-order valence-corrected chi connectivity index (χ4v) is 1.79. The molecule has 142 valence electrons. The summed E-state index contributed by atoms with van der Waals surface area (Å²) in [5.74, 6) is 0. The van der Waals surface area contributed by atoms with Crippen LogP contribution in [0.2, 0.25) is 0 Å². The van der Waals surface area contributed by atoms with E-state index in [9.17, 15) is 4.79 Å². The third-order valence-corrected chi connectivity index (χ3v) is 3.16. The number of likely N-dealkylation sites (N-methyl/N-ethyl adjacent to an activating group) is 1. The van der Waals surface area contributed by atoms with Gasteiger partial charge in [-0.3, -0.25) is 0 Å². The molecule has 7 heteroatoms. The van der Waals surface area contributed by atoms with Gasteiger partial charge in [-0.1, -0.05) is 30.3 Å². The van der Waals surface area contributed by atoms with Crippen molar-refractivity contribution in [2.24, 2.45) is 0 Å². The molecule has 0 bridgehead atoms. The largest absolute Gasteiger partial charge is 0.445 e. The maximum absolute atomic E-state index is 11.5. The Morgan fingerprint density at radius 1 is 0.920 bits per heavy atom. The highest BCUT2D eigenvalue weighted by Crippen LogP contribution is 2.00. The second-order valence-corrected chi connectivity index (χ2v) is 5.63. The van der Waals surface area contributed by atoms with E-state index in [1.54, 1.807) is 0 Å². The summed E-state index contributed by atoms with van der Waals surface area (Å²) in [5, 5.41) is 2.64. The topological polar surface area (TPSA) is 69.3 Å². The lowest BCUT2D eigenvalue weighted by Crippen LogP contribution is -2.28. The molecular formula is C18H30N2O5. The van der Waals surface area contributed by atoms with Crippen LogP contribution in [0.15, 0.2) is 30.3 Å². The van der Waals surface area contributed by atoms with Gasteiger partial charge in [-0.25, -0.2) is 4.79 Å². The summed E-state index contributed by atoms with van der Waals surface area (Å²) in [6.45, 7) is 4.84. The standard InChI is InChI=1S/C18H30N2O5/c1-20(2)9-11-23-13-15-24-14-12-22-10-8-19-18(21)25-16-17-6-4-3-5-7-17/h3-7H,8-16H2,1-2H3,(H,19,21). The van der Waals surface area contributed by atoms with Crippen molar-refractivity contribution in [1.29, 1.82) is 0 Å². The molecule has 0 radical (unpaired) electrons. The second-order valence-electron chi connectivity index (χ2n) is 5.63. The van der Waals surface area contributed by atoms with Crippen molar-refractivity contribution in [3.8, 4) is 0 Å². The van der Waals surface area contributed by atoms with Crippen LogP contribution >= 0.6 is 0 Å². The molecule has 0 heterocycles. The van der Waals surface area contributed by atoms with Gasteiger partial charge in [0.1, 0.15) is 6.61 Å². The molecule has 0 saturated carbocycles. The summed E-state index contributed by atoms with van der Waals surface area (Å²) in [6, 6.07) is 9.54. The molecule has 0 unspecified atom stereocenters. The van der Waals surface area contributed by atoms with Crippen molar-refractivity contribution >= 4 is 6.09 Å². The summed E-state index contributed by atoms with van der Waals surface area (Å²) in [7, 11) is 4.02. The van der Waals surface area contributed by atoms with Crippen LogP contribution in [0.1, 0.15) is 5.56 Å². The van der Waals surface area contributed by atoms with E-state index in [1.807, 2.05) is 44.4 Å². The maximum atomic E-state index is 11.5. The van der Waals surface area contributed by atoms with E-state index < -0.39 is 6.09 Å². The number of alkyl carbamates (subject to hydrolysis) is 1. The zero-order chi connectivity index (χ0) is 18.2. The number of ether oxygens (including phenoxy) is 4.